The highest BCUT2D eigenvalue weighted by Crippen LogP contribution is 2.01. The highest BCUT2D eigenvalue weighted by Gasteiger charge is 2.08. The smallest absolute Gasteiger partial charge is 0.329 e. The van der Waals surface area contributed by atoms with Gasteiger partial charge in [-0.2, -0.15) is 0 Å². The zero-order valence-corrected chi connectivity index (χ0v) is 18.7. The highest BCUT2D eigenvalue weighted by atomic mass is 16.6. The summed E-state index contributed by atoms with van der Waals surface area (Å²) < 4.78 is 31.6. The van der Waals surface area contributed by atoms with Gasteiger partial charge in [0.25, 0.3) is 0 Å². The van der Waals surface area contributed by atoms with Crippen molar-refractivity contribution in [1.29, 1.82) is 0 Å². The van der Waals surface area contributed by atoms with E-state index in [9.17, 15) is 9.59 Å². The molecule has 0 aliphatic heterocycles. The van der Waals surface area contributed by atoms with E-state index in [0.29, 0.717) is 59.4 Å². The third-order valence-corrected chi connectivity index (χ3v) is 3.97. The second-order valence-corrected chi connectivity index (χ2v) is 6.78. The fourth-order valence-electron chi connectivity index (χ4n) is 2.34. The maximum absolute atomic E-state index is 11.8. The molecule has 0 aromatic heterocycles. The van der Waals surface area contributed by atoms with Crippen LogP contribution in [0.1, 0.15) is 5.56 Å². The predicted molar refractivity (Wildman–Crippen MR) is 115 cm³/mol. The SMILES string of the molecule is CN(CCOCCOCCOCCOCCOCC(=O)O)CC(=O)OCc1ccccc1. The largest absolute Gasteiger partial charge is 0.480 e. The lowest BCUT2D eigenvalue weighted by atomic mass is 10.2. The molecule has 0 saturated heterocycles. The molecule has 0 heterocycles. The van der Waals surface area contributed by atoms with Crippen LogP contribution in [0.3, 0.4) is 0 Å². The molecule has 0 aliphatic carbocycles. The molecule has 10 nitrogen and oxygen atoms in total. The average Bonchev–Trinajstić information content (AvgIpc) is 2.78. The molecule has 0 bridgehead atoms. The Hall–Kier alpha value is -2.08. The maximum Gasteiger partial charge on any atom is 0.329 e. The number of carboxylic acids is 1. The second-order valence-electron chi connectivity index (χ2n) is 6.78. The first-order chi connectivity index (χ1) is 15.6. The monoisotopic (exact) mass is 457 g/mol. The van der Waals surface area contributed by atoms with Crippen LogP contribution in [0.15, 0.2) is 30.3 Å². The molecule has 32 heavy (non-hydrogen) atoms. The van der Waals surface area contributed by atoms with Crippen LogP contribution < -0.4 is 0 Å². The van der Waals surface area contributed by atoms with Crippen LogP contribution in [0.5, 0.6) is 0 Å². The van der Waals surface area contributed by atoms with Crippen LogP contribution in [0, 0.1) is 0 Å². The van der Waals surface area contributed by atoms with Crippen molar-refractivity contribution in [3.05, 3.63) is 35.9 Å². The Labute approximate surface area is 189 Å². The summed E-state index contributed by atoms with van der Waals surface area (Å²) in [6.07, 6.45) is 0. The number of esters is 1. The fraction of sp³-hybridized carbons (Fsp3) is 0.636. The minimum atomic E-state index is -0.997. The van der Waals surface area contributed by atoms with E-state index in [1.165, 1.54) is 0 Å². The molecule has 0 radical (unpaired) electrons. The van der Waals surface area contributed by atoms with Crippen molar-refractivity contribution >= 4 is 11.9 Å². The van der Waals surface area contributed by atoms with Gasteiger partial charge in [0.1, 0.15) is 13.2 Å². The van der Waals surface area contributed by atoms with Crippen molar-refractivity contribution < 1.29 is 43.1 Å². The molecule has 1 aromatic rings. The van der Waals surface area contributed by atoms with Gasteiger partial charge in [0.05, 0.1) is 66.0 Å². The van der Waals surface area contributed by atoms with Gasteiger partial charge in [0.2, 0.25) is 0 Å². The van der Waals surface area contributed by atoms with Crippen LogP contribution in [0.2, 0.25) is 0 Å². The number of likely N-dealkylation sites (N-methyl/N-ethyl adjacent to an activating group) is 1. The van der Waals surface area contributed by atoms with Crippen LogP contribution in [0.4, 0.5) is 0 Å². The Morgan fingerprint density at radius 3 is 1.81 bits per heavy atom. The number of aliphatic carboxylic acids is 1. The second kappa shape index (κ2) is 19.6. The summed E-state index contributed by atoms with van der Waals surface area (Å²) in [4.78, 5) is 23.9. The number of hydrogen-bond acceptors (Lipinski definition) is 9. The Balaban J connectivity index is 1.80. The third kappa shape index (κ3) is 17.6. The summed E-state index contributed by atoms with van der Waals surface area (Å²) in [5, 5.41) is 8.39. The lowest BCUT2D eigenvalue weighted by Crippen LogP contribution is -2.30. The van der Waals surface area contributed by atoms with Gasteiger partial charge in [-0.25, -0.2) is 4.79 Å². The highest BCUT2D eigenvalue weighted by molar-refractivity contribution is 5.71. The molecule has 0 aliphatic rings. The van der Waals surface area contributed by atoms with E-state index in [2.05, 4.69) is 0 Å². The molecule has 0 saturated carbocycles. The van der Waals surface area contributed by atoms with Gasteiger partial charge in [-0.1, -0.05) is 30.3 Å². The minimum Gasteiger partial charge on any atom is -0.480 e. The number of carbonyl (C=O) groups is 2. The minimum absolute atomic E-state index is 0.211. The normalized spacial score (nSPS) is 11.1. The van der Waals surface area contributed by atoms with Gasteiger partial charge >= 0.3 is 11.9 Å². The van der Waals surface area contributed by atoms with Crippen molar-refractivity contribution in [3.8, 4) is 0 Å². The van der Waals surface area contributed by atoms with Crippen LogP contribution in [-0.4, -0.2) is 108 Å². The van der Waals surface area contributed by atoms with Gasteiger partial charge in [-0.3, -0.25) is 9.69 Å². The van der Waals surface area contributed by atoms with E-state index in [0.717, 1.165) is 5.56 Å². The third-order valence-electron chi connectivity index (χ3n) is 3.97. The molecule has 0 amide bonds. The molecular weight excluding hydrogens is 422 g/mol. The van der Waals surface area contributed by atoms with Crippen LogP contribution >= 0.6 is 0 Å². The average molecular weight is 458 g/mol. The quantitative estimate of drug-likeness (QED) is 0.210. The Morgan fingerprint density at radius 1 is 0.781 bits per heavy atom. The van der Waals surface area contributed by atoms with Crippen LogP contribution in [0.25, 0.3) is 0 Å². The molecule has 1 rings (SSSR count). The van der Waals surface area contributed by atoms with E-state index >= 15 is 0 Å². The van der Waals surface area contributed by atoms with E-state index in [4.69, 9.17) is 33.5 Å². The zero-order chi connectivity index (χ0) is 23.3. The molecule has 0 spiro atoms. The van der Waals surface area contributed by atoms with Crippen molar-refractivity contribution in [2.75, 3.05) is 86.2 Å². The molecule has 10 heteroatoms. The first-order valence-corrected chi connectivity index (χ1v) is 10.6. The van der Waals surface area contributed by atoms with Crippen molar-refractivity contribution in [2.45, 2.75) is 6.61 Å². The topological polar surface area (TPSA) is 113 Å². The molecule has 1 aromatic carbocycles. The number of ether oxygens (including phenoxy) is 6. The number of hydrogen-bond donors (Lipinski definition) is 1. The first kappa shape index (κ1) is 28.0. The zero-order valence-electron chi connectivity index (χ0n) is 18.7. The number of carboxylic acid groups (broad SMARTS) is 1. The molecule has 182 valence electrons. The van der Waals surface area contributed by atoms with Crippen molar-refractivity contribution in [2.24, 2.45) is 0 Å². The summed E-state index contributed by atoms with van der Waals surface area (Å²) in [6.45, 7) is 4.52. The Bertz CT molecular complexity index is 600. The number of carbonyl (C=O) groups excluding carboxylic acids is 1. The fourth-order valence-corrected chi connectivity index (χ4v) is 2.34. The molecular formula is C22H35NO9. The number of nitrogens with zero attached hydrogens (tertiary/aromatic N) is 1. The van der Waals surface area contributed by atoms with Gasteiger partial charge in [-0.05, 0) is 12.6 Å². The summed E-state index contributed by atoms with van der Waals surface area (Å²) in [5.41, 5.74) is 0.964. The van der Waals surface area contributed by atoms with Crippen molar-refractivity contribution in [3.63, 3.8) is 0 Å². The molecule has 0 atom stereocenters. The van der Waals surface area contributed by atoms with E-state index in [1.807, 2.05) is 42.3 Å². The summed E-state index contributed by atoms with van der Waals surface area (Å²) in [5.74, 6) is -1.26. The van der Waals surface area contributed by atoms with Gasteiger partial charge in [-0.15, -0.1) is 0 Å². The maximum atomic E-state index is 11.8. The summed E-state index contributed by atoms with van der Waals surface area (Å²) >= 11 is 0. The van der Waals surface area contributed by atoms with Crippen molar-refractivity contribution in [1.82, 2.24) is 4.90 Å². The first-order valence-electron chi connectivity index (χ1n) is 10.6. The Kier molecular flexibility index (Phi) is 17.1. The standard InChI is InChI=1S/C22H35NO9/c1-23(17-22(26)32-18-20-5-3-2-4-6-20)7-8-27-9-10-28-11-12-29-13-14-30-15-16-31-19-21(24)25/h2-6H,7-19H2,1H3,(H,24,25). The molecule has 1 N–H and O–H groups in total. The number of rotatable bonds is 21. The summed E-state index contributed by atoms with van der Waals surface area (Å²) in [7, 11) is 1.84. The van der Waals surface area contributed by atoms with Gasteiger partial charge in [0, 0.05) is 6.54 Å². The van der Waals surface area contributed by atoms with Crippen LogP contribution in [-0.2, 0) is 44.6 Å². The summed E-state index contributed by atoms with van der Waals surface area (Å²) in [6, 6.07) is 9.57. The molecule has 0 fully saturated rings. The van der Waals surface area contributed by atoms with E-state index < -0.39 is 5.97 Å². The Morgan fingerprint density at radius 2 is 1.28 bits per heavy atom. The lowest BCUT2D eigenvalue weighted by molar-refractivity contribution is -0.146. The number of benzene rings is 1. The van der Waals surface area contributed by atoms with E-state index in [1.54, 1.807) is 0 Å². The van der Waals surface area contributed by atoms with Gasteiger partial charge in [0.15, 0.2) is 0 Å². The van der Waals surface area contributed by atoms with Gasteiger partial charge < -0.3 is 33.5 Å². The molecule has 0 unspecified atom stereocenters. The van der Waals surface area contributed by atoms with E-state index in [-0.39, 0.29) is 32.3 Å². The lowest BCUT2D eigenvalue weighted by Gasteiger charge is -2.16. The predicted octanol–water partition coefficient (Wildman–Crippen LogP) is 0.829.